The van der Waals surface area contributed by atoms with E-state index in [9.17, 15) is 8.78 Å². The van der Waals surface area contributed by atoms with Crippen molar-refractivity contribution in [2.45, 2.75) is 6.42 Å². The summed E-state index contributed by atoms with van der Waals surface area (Å²) < 4.78 is 28.3. The number of halogens is 2. The monoisotopic (exact) mass is 210 g/mol. The zero-order valence-electron chi connectivity index (χ0n) is 8.43. The van der Waals surface area contributed by atoms with Crippen LogP contribution in [-0.4, -0.2) is 11.1 Å². The summed E-state index contributed by atoms with van der Waals surface area (Å²) in [5.41, 5.74) is 6.83. The second kappa shape index (κ2) is 3.62. The fraction of sp³-hybridized carbons (Fsp3) is 0.273. The normalized spacial score (nSPS) is 11.2. The van der Waals surface area contributed by atoms with E-state index in [0.717, 1.165) is 11.6 Å². The first-order valence-electron chi connectivity index (χ1n) is 4.76. The second-order valence-corrected chi connectivity index (χ2v) is 3.59. The number of aryl methyl sites for hydroxylation is 1. The van der Waals surface area contributed by atoms with E-state index in [1.807, 2.05) is 0 Å². The van der Waals surface area contributed by atoms with E-state index in [-0.39, 0.29) is 0 Å². The predicted molar refractivity (Wildman–Crippen MR) is 55.6 cm³/mol. The Hall–Kier alpha value is -1.42. The minimum atomic E-state index is -0.555. The molecule has 0 aliphatic rings. The van der Waals surface area contributed by atoms with Gasteiger partial charge in [0.1, 0.15) is 11.6 Å². The minimum Gasteiger partial charge on any atom is -0.350 e. The molecule has 0 saturated carbocycles. The van der Waals surface area contributed by atoms with E-state index >= 15 is 0 Å². The lowest BCUT2D eigenvalue weighted by molar-refractivity contribution is 0.591. The van der Waals surface area contributed by atoms with Crippen molar-refractivity contribution in [2.24, 2.45) is 12.8 Å². The summed E-state index contributed by atoms with van der Waals surface area (Å²) in [6.07, 6.45) is 2.39. The molecular formula is C11H12F2N2. The van der Waals surface area contributed by atoms with Crippen molar-refractivity contribution in [2.75, 3.05) is 6.54 Å². The molecule has 0 saturated heterocycles. The van der Waals surface area contributed by atoms with Gasteiger partial charge in [-0.25, -0.2) is 8.78 Å². The van der Waals surface area contributed by atoms with E-state index in [1.165, 1.54) is 6.07 Å². The molecule has 0 bridgehead atoms. The molecule has 0 unspecified atom stereocenters. The molecule has 1 heterocycles. The maximum Gasteiger partial charge on any atom is 0.135 e. The van der Waals surface area contributed by atoms with E-state index in [4.69, 9.17) is 5.73 Å². The molecule has 2 N–H and O–H groups in total. The Morgan fingerprint density at radius 3 is 2.73 bits per heavy atom. The molecule has 0 fully saturated rings. The molecule has 0 spiro atoms. The summed E-state index contributed by atoms with van der Waals surface area (Å²) in [4.78, 5) is 0. The first kappa shape index (κ1) is 10.1. The number of rotatable bonds is 2. The Balaban J connectivity index is 2.75. The SMILES string of the molecule is Cn1cc(CCN)c2c(F)cc(F)cc21. The van der Waals surface area contributed by atoms with Gasteiger partial charge >= 0.3 is 0 Å². The Morgan fingerprint density at radius 1 is 1.33 bits per heavy atom. The quantitative estimate of drug-likeness (QED) is 0.807. The van der Waals surface area contributed by atoms with Crippen LogP contribution in [0.1, 0.15) is 5.56 Å². The van der Waals surface area contributed by atoms with Crippen LogP contribution in [0.4, 0.5) is 8.78 Å². The average molecular weight is 210 g/mol. The van der Waals surface area contributed by atoms with Crippen molar-refractivity contribution >= 4 is 10.9 Å². The van der Waals surface area contributed by atoms with Crippen LogP contribution in [0.15, 0.2) is 18.3 Å². The van der Waals surface area contributed by atoms with Gasteiger partial charge in [0.15, 0.2) is 0 Å². The molecule has 0 aliphatic carbocycles. The molecule has 2 rings (SSSR count). The predicted octanol–water partition coefficient (Wildman–Crippen LogP) is 1.96. The molecule has 2 nitrogen and oxygen atoms in total. The lowest BCUT2D eigenvalue weighted by Crippen LogP contribution is -2.02. The highest BCUT2D eigenvalue weighted by Gasteiger charge is 2.12. The smallest absolute Gasteiger partial charge is 0.135 e. The molecule has 0 radical (unpaired) electrons. The first-order valence-corrected chi connectivity index (χ1v) is 4.76. The van der Waals surface area contributed by atoms with Crippen LogP contribution in [0.5, 0.6) is 0 Å². The zero-order chi connectivity index (χ0) is 11.0. The van der Waals surface area contributed by atoms with Crippen LogP contribution >= 0.6 is 0 Å². The second-order valence-electron chi connectivity index (χ2n) is 3.59. The van der Waals surface area contributed by atoms with Crippen LogP contribution in [0.25, 0.3) is 10.9 Å². The van der Waals surface area contributed by atoms with Gasteiger partial charge in [0.05, 0.1) is 5.52 Å². The summed E-state index contributed by atoms with van der Waals surface area (Å²) in [5.74, 6) is -1.07. The molecule has 15 heavy (non-hydrogen) atoms. The topological polar surface area (TPSA) is 30.9 Å². The third kappa shape index (κ3) is 1.61. The van der Waals surface area contributed by atoms with Crippen LogP contribution in [0.2, 0.25) is 0 Å². The number of benzene rings is 1. The molecule has 80 valence electrons. The Bertz CT molecular complexity index is 503. The lowest BCUT2D eigenvalue weighted by atomic mass is 10.1. The van der Waals surface area contributed by atoms with Crippen LogP contribution in [-0.2, 0) is 13.5 Å². The fourth-order valence-corrected chi connectivity index (χ4v) is 1.87. The fourth-order valence-electron chi connectivity index (χ4n) is 1.87. The van der Waals surface area contributed by atoms with Crippen molar-refractivity contribution in [3.63, 3.8) is 0 Å². The molecular weight excluding hydrogens is 198 g/mol. The van der Waals surface area contributed by atoms with E-state index < -0.39 is 11.6 Å². The molecule has 4 heteroatoms. The van der Waals surface area contributed by atoms with Gasteiger partial charge in [-0.1, -0.05) is 0 Å². The number of nitrogens with two attached hydrogens (primary N) is 1. The third-order valence-corrected chi connectivity index (χ3v) is 2.50. The summed E-state index contributed by atoms with van der Waals surface area (Å²) in [7, 11) is 1.77. The molecule has 0 aliphatic heterocycles. The number of hydrogen-bond acceptors (Lipinski definition) is 1. The zero-order valence-corrected chi connectivity index (χ0v) is 8.43. The van der Waals surface area contributed by atoms with Crippen molar-refractivity contribution in [1.82, 2.24) is 4.57 Å². The molecule has 0 amide bonds. The van der Waals surface area contributed by atoms with Crippen molar-refractivity contribution in [3.8, 4) is 0 Å². The largest absolute Gasteiger partial charge is 0.350 e. The first-order chi connectivity index (χ1) is 7.13. The van der Waals surface area contributed by atoms with Gasteiger partial charge in [0.2, 0.25) is 0 Å². The number of hydrogen-bond donors (Lipinski definition) is 1. The Labute approximate surface area is 86.3 Å². The summed E-state index contributed by atoms with van der Waals surface area (Å²) in [6, 6.07) is 2.24. The van der Waals surface area contributed by atoms with Gasteiger partial charge in [0.25, 0.3) is 0 Å². The number of aromatic nitrogens is 1. The third-order valence-electron chi connectivity index (χ3n) is 2.50. The highest BCUT2D eigenvalue weighted by Crippen LogP contribution is 2.25. The van der Waals surface area contributed by atoms with Gasteiger partial charge < -0.3 is 10.3 Å². The maximum absolute atomic E-state index is 13.6. The van der Waals surface area contributed by atoms with Gasteiger partial charge in [0, 0.05) is 24.7 Å². The minimum absolute atomic E-state index is 0.454. The van der Waals surface area contributed by atoms with E-state index in [2.05, 4.69) is 0 Å². The summed E-state index contributed by atoms with van der Waals surface area (Å²) in [5, 5.41) is 0.476. The number of nitrogens with zero attached hydrogens (tertiary/aromatic N) is 1. The molecule has 1 aromatic heterocycles. The van der Waals surface area contributed by atoms with Crippen molar-refractivity contribution in [1.29, 1.82) is 0 Å². The van der Waals surface area contributed by atoms with Crippen LogP contribution < -0.4 is 5.73 Å². The van der Waals surface area contributed by atoms with Gasteiger partial charge in [-0.15, -0.1) is 0 Å². The highest BCUT2D eigenvalue weighted by molar-refractivity contribution is 5.84. The van der Waals surface area contributed by atoms with E-state index in [0.29, 0.717) is 23.9 Å². The van der Waals surface area contributed by atoms with Gasteiger partial charge in [-0.05, 0) is 24.6 Å². The lowest BCUT2D eigenvalue weighted by Gasteiger charge is -1.99. The standard InChI is InChI=1S/C11H12F2N2/c1-15-6-7(2-3-14)11-9(13)4-8(12)5-10(11)15/h4-6H,2-3,14H2,1H3. The summed E-state index contributed by atoms with van der Waals surface area (Å²) >= 11 is 0. The molecule has 0 atom stereocenters. The Morgan fingerprint density at radius 2 is 2.07 bits per heavy atom. The highest BCUT2D eigenvalue weighted by atomic mass is 19.1. The Kier molecular flexibility index (Phi) is 2.44. The maximum atomic E-state index is 13.6. The van der Waals surface area contributed by atoms with Crippen molar-refractivity contribution in [3.05, 3.63) is 35.5 Å². The summed E-state index contributed by atoms with van der Waals surface area (Å²) in [6.45, 7) is 0.454. The van der Waals surface area contributed by atoms with Crippen molar-refractivity contribution < 1.29 is 8.78 Å². The van der Waals surface area contributed by atoms with Gasteiger partial charge in [-0.2, -0.15) is 0 Å². The van der Waals surface area contributed by atoms with E-state index in [1.54, 1.807) is 17.8 Å². The van der Waals surface area contributed by atoms with Gasteiger partial charge in [-0.3, -0.25) is 0 Å². The van der Waals surface area contributed by atoms with Crippen LogP contribution in [0, 0.1) is 11.6 Å². The average Bonchev–Trinajstić information content (AvgIpc) is 2.44. The molecule has 2 aromatic rings. The van der Waals surface area contributed by atoms with Crippen LogP contribution in [0.3, 0.4) is 0 Å². The number of fused-ring (bicyclic) bond motifs is 1. The molecule has 1 aromatic carbocycles.